The van der Waals surface area contributed by atoms with Crippen molar-refractivity contribution >= 4 is 27.5 Å². The lowest BCUT2D eigenvalue weighted by Gasteiger charge is -2.53. The highest BCUT2D eigenvalue weighted by atomic mass is 19.3. The quantitative estimate of drug-likeness (QED) is 0.265. The third kappa shape index (κ3) is 5.02. The maximum atomic E-state index is 16.7. The fourth-order valence-corrected chi connectivity index (χ4v) is 7.58. The van der Waals surface area contributed by atoms with E-state index >= 15 is 4.39 Å². The van der Waals surface area contributed by atoms with Crippen molar-refractivity contribution in [1.82, 2.24) is 19.9 Å². The molecular weight excluding hydrogens is 590 g/mol. The molecular formula is C33H35F4N5O3. The number of β-amino-alcohol motifs (C(OH)–C–C–N with tert-alkyl or cyclic N) is 1. The van der Waals surface area contributed by atoms with Crippen molar-refractivity contribution in [1.29, 1.82) is 0 Å². The van der Waals surface area contributed by atoms with Crippen LogP contribution >= 0.6 is 0 Å². The van der Waals surface area contributed by atoms with Crippen molar-refractivity contribution < 1.29 is 32.5 Å². The number of ether oxygens (including phenoxy) is 1. The fraction of sp³-hybridized carbons (Fsp3) is 0.485. The van der Waals surface area contributed by atoms with E-state index < -0.39 is 42.5 Å². The summed E-state index contributed by atoms with van der Waals surface area (Å²) >= 11 is 0. The van der Waals surface area contributed by atoms with Crippen LogP contribution in [-0.4, -0.2) is 87.1 Å². The number of hydrogen-bond acceptors (Lipinski definition) is 8. The minimum atomic E-state index is -3.40. The van der Waals surface area contributed by atoms with Gasteiger partial charge >= 0.3 is 6.01 Å². The molecule has 2 aromatic carbocycles. The summed E-state index contributed by atoms with van der Waals surface area (Å²) in [6, 6.07) is 8.47. The zero-order valence-corrected chi connectivity index (χ0v) is 25.1. The number of aromatic hydroxyl groups is 1. The molecule has 3 saturated heterocycles. The van der Waals surface area contributed by atoms with Crippen molar-refractivity contribution in [2.24, 2.45) is 5.41 Å². The normalized spacial score (nSPS) is 27.8. The summed E-state index contributed by atoms with van der Waals surface area (Å²) in [6.07, 6.45) is 0.957. The van der Waals surface area contributed by atoms with Crippen molar-refractivity contribution in [2.75, 3.05) is 37.7 Å². The Kier molecular flexibility index (Phi) is 7.27. The maximum Gasteiger partial charge on any atom is 0.319 e. The summed E-state index contributed by atoms with van der Waals surface area (Å²) in [4.78, 5) is 16.6. The predicted molar refractivity (Wildman–Crippen MR) is 162 cm³/mol. The lowest BCUT2D eigenvalue weighted by Crippen LogP contribution is -2.60. The average molecular weight is 626 g/mol. The van der Waals surface area contributed by atoms with E-state index in [4.69, 9.17) is 4.74 Å². The second-order valence-electron chi connectivity index (χ2n) is 12.8. The molecule has 5 atom stereocenters. The van der Waals surface area contributed by atoms with Crippen LogP contribution in [0, 0.1) is 11.2 Å². The lowest BCUT2D eigenvalue weighted by atomic mass is 9.68. The van der Waals surface area contributed by atoms with Gasteiger partial charge in [0.15, 0.2) is 5.82 Å². The van der Waals surface area contributed by atoms with Crippen LogP contribution in [0.5, 0.6) is 11.8 Å². The van der Waals surface area contributed by atoms with E-state index in [2.05, 4.69) is 26.8 Å². The molecule has 12 heteroatoms. The number of aromatic nitrogens is 3. The van der Waals surface area contributed by atoms with Crippen molar-refractivity contribution in [3.63, 3.8) is 0 Å². The van der Waals surface area contributed by atoms with Crippen LogP contribution in [0.25, 0.3) is 32.9 Å². The molecule has 5 heterocycles. The van der Waals surface area contributed by atoms with Crippen LogP contribution in [-0.2, 0) is 6.42 Å². The molecule has 8 nitrogen and oxygen atoms in total. The lowest BCUT2D eigenvalue weighted by molar-refractivity contribution is -0.0790. The minimum Gasteiger partial charge on any atom is -0.508 e. The monoisotopic (exact) mass is 625 g/mol. The molecule has 2 aromatic heterocycles. The number of aliphatic hydroxyl groups is 1. The number of hydrogen-bond donors (Lipinski definition) is 2. The van der Waals surface area contributed by atoms with Crippen molar-refractivity contribution in [3.05, 3.63) is 47.9 Å². The first kappa shape index (κ1) is 29.9. The molecule has 3 aliphatic heterocycles. The number of phenolic OH excluding ortho intramolecular Hbond substituents is 1. The van der Waals surface area contributed by atoms with Crippen LogP contribution in [0.15, 0.2) is 36.5 Å². The molecule has 45 heavy (non-hydrogen) atoms. The topological polar surface area (TPSA) is 94.8 Å². The van der Waals surface area contributed by atoms with Gasteiger partial charge in [-0.1, -0.05) is 25.1 Å². The molecule has 7 rings (SSSR count). The van der Waals surface area contributed by atoms with Gasteiger partial charge in [-0.15, -0.1) is 0 Å². The first-order valence-electron chi connectivity index (χ1n) is 15.4. The number of phenols is 1. The molecule has 0 radical (unpaired) electrons. The molecule has 238 valence electrons. The molecule has 3 aliphatic rings. The van der Waals surface area contributed by atoms with Gasteiger partial charge < -0.3 is 19.8 Å². The summed E-state index contributed by atoms with van der Waals surface area (Å²) in [7, 11) is 0. The Hall–Kier alpha value is -3.77. The molecule has 0 amide bonds. The smallest absolute Gasteiger partial charge is 0.319 e. The summed E-state index contributed by atoms with van der Waals surface area (Å²) in [5, 5.41) is 22.1. The molecule has 0 saturated carbocycles. The van der Waals surface area contributed by atoms with E-state index in [1.165, 1.54) is 17.2 Å². The summed E-state index contributed by atoms with van der Waals surface area (Å²) in [6.45, 7) is 4.01. The van der Waals surface area contributed by atoms with Crippen LogP contribution in [0.4, 0.5) is 23.4 Å². The summed E-state index contributed by atoms with van der Waals surface area (Å²) in [5.74, 6) is -4.34. The number of pyridine rings is 1. The van der Waals surface area contributed by atoms with Crippen LogP contribution in [0.1, 0.15) is 38.7 Å². The highest BCUT2D eigenvalue weighted by molar-refractivity contribution is 6.01. The van der Waals surface area contributed by atoms with Gasteiger partial charge in [0.05, 0.1) is 25.1 Å². The molecule has 3 fully saturated rings. The Morgan fingerprint density at radius 2 is 1.98 bits per heavy atom. The predicted octanol–water partition coefficient (Wildman–Crippen LogP) is 5.66. The number of alkyl halides is 3. The number of fused-ring (bicyclic) bond motifs is 4. The SMILES string of the molecule is CCc1cccc2cc(O)cc(-c3ncc4c(N5CC(O)C(F)(F)C5)nc(OC[C@]56CCCN(C[C@H](F)C5)C6C)nc4c3F)c12. The number of piperidine rings is 2. The van der Waals surface area contributed by atoms with E-state index in [1.54, 1.807) is 6.07 Å². The Balaban J connectivity index is 1.36. The summed E-state index contributed by atoms with van der Waals surface area (Å²) in [5.41, 5.74) is 0.508. The van der Waals surface area contributed by atoms with E-state index in [-0.39, 0.29) is 46.8 Å². The van der Waals surface area contributed by atoms with Crippen LogP contribution in [0.2, 0.25) is 0 Å². The van der Waals surface area contributed by atoms with Crippen LogP contribution in [0.3, 0.4) is 0 Å². The largest absolute Gasteiger partial charge is 0.508 e. The number of aryl methyl sites for hydroxylation is 1. The molecule has 2 N–H and O–H groups in total. The van der Waals surface area contributed by atoms with E-state index in [0.717, 1.165) is 30.3 Å². The Bertz CT molecular complexity index is 1790. The summed E-state index contributed by atoms with van der Waals surface area (Å²) < 4.78 is 66.6. The van der Waals surface area contributed by atoms with Crippen LogP contribution < -0.4 is 9.64 Å². The highest BCUT2D eigenvalue weighted by Gasteiger charge is 2.50. The molecule has 3 unspecified atom stereocenters. The third-order valence-electron chi connectivity index (χ3n) is 10.0. The van der Waals surface area contributed by atoms with Gasteiger partial charge in [0.2, 0.25) is 0 Å². The van der Waals surface area contributed by atoms with E-state index in [9.17, 15) is 23.4 Å². The van der Waals surface area contributed by atoms with Gasteiger partial charge in [0, 0.05) is 29.8 Å². The van der Waals surface area contributed by atoms with Gasteiger partial charge in [-0.25, -0.2) is 17.6 Å². The third-order valence-corrected chi connectivity index (χ3v) is 10.0. The van der Waals surface area contributed by atoms with E-state index in [0.29, 0.717) is 30.3 Å². The van der Waals surface area contributed by atoms with Gasteiger partial charge in [0.1, 0.15) is 35.1 Å². The second kappa shape index (κ2) is 10.9. The van der Waals surface area contributed by atoms with Gasteiger partial charge in [-0.2, -0.15) is 9.97 Å². The second-order valence-corrected chi connectivity index (χ2v) is 12.8. The van der Waals surface area contributed by atoms with Gasteiger partial charge in [-0.05, 0) is 67.6 Å². The van der Waals surface area contributed by atoms with Gasteiger partial charge in [-0.3, -0.25) is 9.88 Å². The number of aliphatic hydroxyl groups excluding tert-OH is 1. The number of anilines is 1. The van der Waals surface area contributed by atoms with Crippen molar-refractivity contribution in [2.45, 2.75) is 63.8 Å². The molecule has 0 aliphatic carbocycles. The first-order valence-corrected chi connectivity index (χ1v) is 15.4. The molecule has 0 spiro atoms. The zero-order chi connectivity index (χ0) is 31.7. The number of benzene rings is 2. The molecule has 4 aromatic rings. The zero-order valence-electron chi connectivity index (χ0n) is 25.1. The molecule has 2 bridgehead atoms. The first-order chi connectivity index (χ1) is 21.5. The Morgan fingerprint density at radius 1 is 1.16 bits per heavy atom. The number of halogens is 4. The van der Waals surface area contributed by atoms with E-state index in [1.807, 2.05) is 25.1 Å². The number of rotatable bonds is 6. The maximum absolute atomic E-state index is 16.7. The average Bonchev–Trinajstić information content (AvgIpc) is 3.27. The highest BCUT2D eigenvalue weighted by Crippen LogP contribution is 2.45. The number of nitrogens with zero attached hydrogens (tertiary/aromatic N) is 5. The standard InChI is InChI=1S/C33H35F4N5O3/c1-3-19-6-4-7-20-10-22(43)11-23(26(19)20)28-27(35)29-24(13-38-28)30(42-15-25(44)33(36,37)16-42)40-31(39-29)45-17-32-8-5-9-41(18(32)2)14-21(34)12-32/h4,6-7,10-11,13,18,21,25,43-44H,3,5,8-9,12,14-17H2,1-2H3/t18?,21-,25?,32+/m1/s1. The van der Waals surface area contributed by atoms with Gasteiger partial charge in [0.25, 0.3) is 5.92 Å². The van der Waals surface area contributed by atoms with Crippen molar-refractivity contribution in [3.8, 4) is 23.0 Å². The fourth-order valence-electron chi connectivity index (χ4n) is 7.58. The Labute approximate surface area is 257 Å². The Morgan fingerprint density at radius 3 is 2.73 bits per heavy atom. The minimum absolute atomic E-state index is 0.0398.